The quantitative estimate of drug-likeness (QED) is 0.738. The Kier molecular flexibility index (Phi) is 4.56. The predicted molar refractivity (Wildman–Crippen MR) is 98.1 cm³/mol. The molecule has 0 aliphatic carbocycles. The maximum atomic E-state index is 6.10. The number of aryl methyl sites for hydroxylation is 2. The molecule has 0 saturated carbocycles. The number of nitrogen functional groups attached to an aromatic ring is 1. The first-order valence-corrected chi connectivity index (χ1v) is 7.88. The molecule has 25 heavy (non-hydrogen) atoms. The highest BCUT2D eigenvalue weighted by molar-refractivity contribution is 5.89. The van der Waals surface area contributed by atoms with Crippen molar-refractivity contribution in [1.29, 1.82) is 0 Å². The molecule has 7 nitrogen and oxygen atoms in total. The first-order chi connectivity index (χ1) is 12.0. The summed E-state index contributed by atoms with van der Waals surface area (Å²) in [6.07, 6.45) is 0. The summed E-state index contributed by atoms with van der Waals surface area (Å²) in [7, 11) is 3.24. The SMILES string of the molecule is COc1ccc(CNc2nc(N)c3c(C)cc(C)nc3n2)c(OC)c1. The number of fused-ring (bicyclic) bond motifs is 1. The van der Waals surface area contributed by atoms with E-state index >= 15 is 0 Å². The van der Waals surface area contributed by atoms with Crippen LogP contribution in [0.25, 0.3) is 11.0 Å². The van der Waals surface area contributed by atoms with E-state index in [0.717, 1.165) is 33.7 Å². The van der Waals surface area contributed by atoms with Crippen molar-refractivity contribution < 1.29 is 9.47 Å². The van der Waals surface area contributed by atoms with Crippen LogP contribution in [0.1, 0.15) is 16.8 Å². The average molecular weight is 339 g/mol. The lowest BCUT2D eigenvalue weighted by molar-refractivity contribution is 0.391. The molecule has 0 aliphatic rings. The molecule has 0 saturated heterocycles. The number of hydrogen-bond acceptors (Lipinski definition) is 7. The number of nitrogens with two attached hydrogens (primary N) is 1. The molecule has 0 fully saturated rings. The van der Waals surface area contributed by atoms with Crippen molar-refractivity contribution in [3.8, 4) is 11.5 Å². The van der Waals surface area contributed by atoms with Crippen LogP contribution in [0.15, 0.2) is 24.3 Å². The maximum absolute atomic E-state index is 6.10. The van der Waals surface area contributed by atoms with Crippen LogP contribution >= 0.6 is 0 Å². The highest BCUT2D eigenvalue weighted by Gasteiger charge is 2.11. The molecule has 7 heteroatoms. The molecule has 0 spiro atoms. The molecule has 2 heterocycles. The topological polar surface area (TPSA) is 95.2 Å². The van der Waals surface area contributed by atoms with Gasteiger partial charge in [0.1, 0.15) is 17.3 Å². The zero-order valence-electron chi connectivity index (χ0n) is 14.8. The third kappa shape index (κ3) is 3.40. The number of rotatable bonds is 5. The van der Waals surface area contributed by atoms with E-state index in [1.165, 1.54) is 0 Å². The molecule has 0 atom stereocenters. The number of aromatic nitrogens is 3. The van der Waals surface area contributed by atoms with Crippen molar-refractivity contribution in [3.63, 3.8) is 0 Å². The summed E-state index contributed by atoms with van der Waals surface area (Å²) in [5.74, 6) is 2.31. The third-order valence-electron chi connectivity index (χ3n) is 3.95. The van der Waals surface area contributed by atoms with E-state index in [9.17, 15) is 0 Å². The molecule has 3 aromatic rings. The van der Waals surface area contributed by atoms with Crippen molar-refractivity contribution in [1.82, 2.24) is 15.0 Å². The predicted octanol–water partition coefficient (Wildman–Crippen LogP) is 2.85. The molecular formula is C18H21N5O2. The fraction of sp³-hybridized carbons (Fsp3) is 0.278. The minimum absolute atomic E-state index is 0.416. The van der Waals surface area contributed by atoms with E-state index in [-0.39, 0.29) is 0 Å². The molecule has 130 valence electrons. The lowest BCUT2D eigenvalue weighted by Crippen LogP contribution is -2.08. The summed E-state index contributed by atoms with van der Waals surface area (Å²) >= 11 is 0. The van der Waals surface area contributed by atoms with E-state index in [2.05, 4.69) is 20.3 Å². The van der Waals surface area contributed by atoms with Crippen LogP contribution in [-0.2, 0) is 6.54 Å². The van der Waals surface area contributed by atoms with E-state index in [1.54, 1.807) is 14.2 Å². The Labute approximate surface area is 146 Å². The fourth-order valence-electron chi connectivity index (χ4n) is 2.76. The Bertz CT molecular complexity index is 927. The molecule has 0 amide bonds. The second kappa shape index (κ2) is 6.80. The van der Waals surface area contributed by atoms with Gasteiger partial charge in [0.25, 0.3) is 0 Å². The van der Waals surface area contributed by atoms with Gasteiger partial charge in [-0.3, -0.25) is 0 Å². The zero-order chi connectivity index (χ0) is 18.0. The molecule has 0 bridgehead atoms. The molecule has 2 aromatic heterocycles. The molecule has 0 aliphatic heterocycles. The standard InChI is InChI=1S/C18H21N5O2/c1-10-7-11(2)21-17-15(10)16(19)22-18(23-17)20-9-12-5-6-13(24-3)8-14(12)25-4/h5-8H,9H2,1-4H3,(H3,19,20,21,22,23). The lowest BCUT2D eigenvalue weighted by atomic mass is 10.1. The minimum Gasteiger partial charge on any atom is -0.497 e. The molecular weight excluding hydrogens is 318 g/mol. The van der Waals surface area contributed by atoms with Gasteiger partial charge < -0.3 is 20.5 Å². The van der Waals surface area contributed by atoms with Crippen molar-refractivity contribution >= 4 is 22.8 Å². The van der Waals surface area contributed by atoms with Crippen LogP contribution in [-0.4, -0.2) is 29.2 Å². The maximum Gasteiger partial charge on any atom is 0.226 e. The van der Waals surface area contributed by atoms with Gasteiger partial charge in [-0.2, -0.15) is 9.97 Å². The van der Waals surface area contributed by atoms with Crippen LogP contribution in [0.5, 0.6) is 11.5 Å². The molecule has 0 unspecified atom stereocenters. The Hall–Kier alpha value is -3.09. The molecule has 0 radical (unpaired) electrons. The number of anilines is 2. The minimum atomic E-state index is 0.416. The normalized spacial score (nSPS) is 10.7. The van der Waals surface area contributed by atoms with Crippen LogP contribution in [0, 0.1) is 13.8 Å². The Morgan fingerprint density at radius 3 is 2.56 bits per heavy atom. The number of nitrogens with zero attached hydrogens (tertiary/aromatic N) is 3. The van der Waals surface area contributed by atoms with Gasteiger partial charge in [0.05, 0.1) is 19.6 Å². The highest BCUT2D eigenvalue weighted by Crippen LogP contribution is 2.26. The summed E-state index contributed by atoms with van der Waals surface area (Å²) in [5.41, 5.74) is 9.56. The summed E-state index contributed by atoms with van der Waals surface area (Å²) in [6, 6.07) is 7.61. The van der Waals surface area contributed by atoms with Gasteiger partial charge in [0, 0.05) is 23.9 Å². The van der Waals surface area contributed by atoms with Gasteiger partial charge >= 0.3 is 0 Å². The second-order valence-corrected chi connectivity index (χ2v) is 5.74. The van der Waals surface area contributed by atoms with E-state index in [1.807, 2.05) is 38.1 Å². The van der Waals surface area contributed by atoms with Crippen molar-refractivity contribution in [2.75, 3.05) is 25.3 Å². The molecule has 3 N–H and O–H groups in total. The van der Waals surface area contributed by atoms with Crippen molar-refractivity contribution in [3.05, 3.63) is 41.1 Å². The van der Waals surface area contributed by atoms with Crippen LogP contribution in [0.4, 0.5) is 11.8 Å². The number of benzene rings is 1. The van der Waals surface area contributed by atoms with E-state index in [4.69, 9.17) is 15.2 Å². The Morgan fingerprint density at radius 1 is 1.04 bits per heavy atom. The summed E-state index contributed by atoms with van der Waals surface area (Å²) in [5, 5.41) is 3.97. The first-order valence-electron chi connectivity index (χ1n) is 7.88. The average Bonchev–Trinajstić information content (AvgIpc) is 2.58. The highest BCUT2D eigenvalue weighted by atomic mass is 16.5. The Balaban J connectivity index is 1.89. The molecule has 1 aromatic carbocycles. The monoisotopic (exact) mass is 339 g/mol. The Morgan fingerprint density at radius 2 is 1.84 bits per heavy atom. The van der Waals surface area contributed by atoms with Crippen molar-refractivity contribution in [2.45, 2.75) is 20.4 Å². The largest absolute Gasteiger partial charge is 0.497 e. The summed E-state index contributed by atoms with van der Waals surface area (Å²) in [4.78, 5) is 13.3. The van der Waals surface area contributed by atoms with E-state index in [0.29, 0.717) is 24.0 Å². The number of hydrogen-bond donors (Lipinski definition) is 2. The zero-order valence-corrected chi connectivity index (χ0v) is 14.8. The summed E-state index contributed by atoms with van der Waals surface area (Å²) in [6.45, 7) is 4.40. The van der Waals surface area contributed by atoms with Gasteiger partial charge in [-0.1, -0.05) is 0 Å². The number of ether oxygens (including phenoxy) is 2. The first kappa shape index (κ1) is 16.8. The van der Waals surface area contributed by atoms with Gasteiger partial charge in [0.2, 0.25) is 5.95 Å². The number of nitrogens with one attached hydrogen (secondary N) is 1. The van der Waals surface area contributed by atoms with Crippen LogP contribution < -0.4 is 20.5 Å². The lowest BCUT2D eigenvalue weighted by Gasteiger charge is -2.12. The van der Waals surface area contributed by atoms with Crippen LogP contribution in [0.3, 0.4) is 0 Å². The van der Waals surface area contributed by atoms with Gasteiger partial charge in [0.15, 0.2) is 5.65 Å². The van der Waals surface area contributed by atoms with Crippen molar-refractivity contribution in [2.24, 2.45) is 0 Å². The number of pyridine rings is 1. The summed E-state index contributed by atoms with van der Waals surface area (Å²) < 4.78 is 10.6. The van der Waals surface area contributed by atoms with Gasteiger partial charge in [-0.25, -0.2) is 4.98 Å². The number of methoxy groups -OCH3 is 2. The smallest absolute Gasteiger partial charge is 0.226 e. The van der Waals surface area contributed by atoms with Gasteiger partial charge in [-0.05, 0) is 37.6 Å². The van der Waals surface area contributed by atoms with Crippen LogP contribution in [0.2, 0.25) is 0 Å². The second-order valence-electron chi connectivity index (χ2n) is 5.74. The van der Waals surface area contributed by atoms with Gasteiger partial charge in [-0.15, -0.1) is 0 Å². The molecule has 3 rings (SSSR count). The third-order valence-corrected chi connectivity index (χ3v) is 3.95. The van der Waals surface area contributed by atoms with E-state index < -0.39 is 0 Å². The fourth-order valence-corrected chi connectivity index (χ4v) is 2.76.